The Labute approximate surface area is 48.5 Å². The van der Waals surface area contributed by atoms with Gasteiger partial charge in [0.15, 0.2) is 0 Å². The molecule has 0 heterocycles. The molecule has 0 nitrogen and oxygen atoms in total. The van der Waals surface area contributed by atoms with Gasteiger partial charge in [0.1, 0.15) is 0 Å². The van der Waals surface area contributed by atoms with Gasteiger partial charge in [0, 0.05) is 0 Å². The molecule has 0 saturated heterocycles. The lowest BCUT2D eigenvalue weighted by atomic mass is 10.4. The van der Waals surface area contributed by atoms with Crippen LogP contribution in [-0.4, -0.2) is 12.3 Å². The van der Waals surface area contributed by atoms with Crippen LogP contribution < -0.4 is 0 Å². The average Bonchev–Trinajstić information content (AvgIpc) is 1.69. The number of hydrogen-bond donors (Lipinski definition) is 0. The summed E-state index contributed by atoms with van der Waals surface area (Å²) in [5.41, 5.74) is 0. The molecule has 0 rings (SSSR count). The molecule has 0 aliphatic heterocycles. The van der Waals surface area contributed by atoms with Crippen LogP contribution in [0.25, 0.3) is 0 Å². The lowest BCUT2D eigenvalue weighted by Gasteiger charge is -1.91. The van der Waals surface area contributed by atoms with E-state index in [0.29, 0.717) is 0 Å². The third-order valence-corrected chi connectivity index (χ3v) is 2.06. The Bertz CT molecular complexity index is 23.4. The second-order valence-corrected chi connectivity index (χ2v) is 3.27. The maximum absolute atomic E-state index is 3.76. The summed E-state index contributed by atoms with van der Waals surface area (Å²) < 4.78 is 0. The minimum Gasteiger partial charge on any atom is -0.122 e. The minimum atomic E-state index is 1.12. The van der Waals surface area contributed by atoms with Crippen molar-refractivity contribution in [2.75, 3.05) is 12.3 Å². The minimum absolute atomic E-state index is 1.12. The molecule has 0 amide bonds. The van der Waals surface area contributed by atoms with Crippen LogP contribution in [0, 0.1) is 6.92 Å². The van der Waals surface area contributed by atoms with Crippen LogP contribution in [0.3, 0.4) is 0 Å². The monoisotopic (exact) mass is 117 g/mol. The molecule has 1 unspecified atom stereocenters. The van der Waals surface area contributed by atoms with E-state index in [4.69, 9.17) is 0 Å². The summed E-state index contributed by atoms with van der Waals surface area (Å²) >= 11 is 0. The molecule has 0 aromatic rings. The highest BCUT2D eigenvalue weighted by atomic mass is 31.1. The number of rotatable bonds is 4. The molecular weight excluding hydrogens is 103 g/mol. The van der Waals surface area contributed by atoms with Gasteiger partial charge in [0.2, 0.25) is 0 Å². The maximum atomic E-state index is 3.76. The molecule has 0 N–H and O–H groups in total. The highest BCUT2D eigenvalue weighted by Crippen LogP contribution is 2.09. The first-order valence-corrected chi connectivity index (χ1v) is 4.33. The Morgan fingerprint density at radius 3 is 2.71 bits per heavy atom. The lowest BCUT2D eigenvalue weighted by molar-refractivity contribution is 0.965. The molecular formula is C6H14P. The molecule has 1 radical (unpaired) electrons. The van der Waals surface area contributed by atoms with Gasteiger partial charge in [-0.3, -0.25) is 0 Å². The van der Waals surface area contributed by atoms with Crippen LogP contribution in [0.1, 0.15) is 19.8 Å². The lowest BCUT2D eigenvalue weighted by Crippen LogP contribution is -1.73. The topological polar surface area (TPSA) is 0 Å². The molecule has 0 aromatic heterocycles. The largest absolute Gasteiger partial charge is 0.122 e. The normalized spacial score (nSPS) is 11.1. The Hall–Kier alpha value is 0.430. The second-order valence-electron chi connectivity index (χ2n) is 1.56. The Morgan fingerprint density at radius 2 is 2.29 bits per heavy atom. The summed E-state index contributed by atoms with van der Waals surface area (Å²) in [7, 11) is 1.18. The fourth-order valence-corrected chi connectivity index (χ4v) is 1.28. The third-order valence-electron chi connectivity index (χ3n) is 0.854. The van der Waals surface area contributed by atoms with Crippen molar-refractivity contribution < 1.29 is 0 Å². The molecule has 1 atom stereocenters. The molecule has 7 heavy (non-hydrogen) atoms. The van der Waals surface area contributed by atoms with Gasteiger partial charge in [-0.05, 0) is 18.7 Å². The molecule has 0 aliphatic rings. The molecule has 0 spiro atoms. The zero-order valence-corrected chi connectivity index (χ0v) is 6.04. The van der Waals surface area contributed by atoms with Crippen LogP contribution in [0.2, 0.25) is 0 Å². The molecule has 0 fully saturated rings. The van der Waals surface area contributed by atoms with Crippen LogP contribution in [0.5, 0.6) is 0 Å². The second kappa shape index (κ2) is 6.43. The quantitative estimate of drug-likeness (QED) is 0.391. The molecule has 0 aliphatic carbocycles. The van der Waals surface area contributed by atoms with E-state index in [-0.39, 0.29) is 0 Å². The van der Waals surface area contributed by atoms with E-state index in [2.05, 4.69) is 13.8 Å². The summed E-state index contributed by atoms with van der Waals surface area (Å²) in [6.45, 7) is 6.00. The van der Waals surface area contributed by atoms with Crippen molar-refractivity contribution in [3.63, 3.8) is 0 Å². The third kappa shape index (κ3) is 6.43. The van der Waals surface area contributed by atoms with Crippen molar-refractivity contribution in [1.82, 2.24) is 0 Å². The van der Waals surface area contributed by atoms with E-state index in [9.17, 15) is 0 Å². The van der Waals surface area contributed by atoms with Crippen molar-refractivity contribution in [3.8, 4) is 0 Å². The van der Waals surface area contributed by atoms with Crippen molar-refractivity contribution in [2.45, 2.75) is 19.8 Å². The smallest absolute Gasteiger partial charge is 0.0354 e. The highest BCUT2D eigenvalue weighted by molar-refractivity contribution is 7.37. The zero-order valence-electron chi connectivity index (χ0n) is 5.04. The maximum Gasteiger partial charge on any atom is -0.0354 e. The van der Waals surface area contributed by atoms with Gasteiger partial charge < -0.3 is 0 Å². The van der Waals surface area contributed by atoms with Gasteiger partial charge in [-0.15, -0.1) is 8.58 Å². The van der Waals surface area contributed by atoms with E-state index < -0.39 is 0 Å². The first-order chi connectivity index (χ1) is 3.41. The SMILES string of the molecule is [CH2]CCCPCC. The predicted octanol–water partition coefficient (Wildman–Crippen LogP) is 2.30. The highest BCUT2D eigenvalue weighted by Gasteiger charge is 1.79. The molecule has 0 bridgehead atoms. The van der Waals surface area contributed by atoms with Gasteiger partial charge in [-0.2, -0.15) is 0 Å². The van der Waals surface area contributed by atoms with E-state index in [0.717, 1.165) is 6.42 Å². The molecule has 0 aromatic carbocycles. The van der Waals surface area contributed by atoms with Crippen molar-refractivity contribution in [1.29, 1.82) is 0 Å². The first-order valence-electron chi connectivity index (χ1n) is 2.91. The number of hydrogen-bond acceptors (Lipinski definition) is 0. The summed E-state index contributed by atoms with van der Waals surface area (Å²) in [4.78, 5) is 0. The van der Waals surface area contributed by atoms with Gasteiger partial charge >= 0.3 is 0 Å². The van der Waals surface area contributed by atoms with Crippen molar-refractivity contribution in [3.05, 3.63) is 6.92 Å². The summed E-state index contributed by atoms with van der Waals surface area (Å²) in [6, 6.07) is 0. The van der Waals surface area contributed by atoms with E-state index >= 15 is 0 Å². The Kier molecular flexibility index (Phi) is 6.82. The Morgan fingerprint density at radius 1 is 1.57 bits per heavy atom. The van der Waals surface area contributed by atoms with Gasteiger partial charge in [0.05, 0.1) is 0 Å². The summed E-state index contributed by atoms with van der Waals surface area (Å²) in [5.74, 6) is 0. The van der Waals surface area contributed by atoms with Gasteiger partial charge in [-0.1, -0.05) is 20.3 Å². The zero-order chi connectivity index (χ0) is 5.54. The fraction of sp³-hybridized carbons (Fsp3) is 0.833. The van der Waals surface area contributed by atoms with Gasteiger partial charge in [-0.25, -0.2) is 0 Å². The molecule has 0 saturated carbocycles. The fourth-order valence-electron chi connectivity index (χ4n) is 0.427. The van der Waals surface area contributed by atoms with Crippen LogP contribution in [0.4, 0.5) is 0 Å². The summed E-state index contributed by atoms with van der Waals surface area (Å²) in [6.07, 6.45) is 5.21. The average molecular weight is 117 g/mol. The molecule has 1 heteroatoms. The van der Waals surface area contributed by atoms with Crippen molar-refractivity contribution in [2.24, 2.45) is 0 Å². The van der Waals surface area contributed by atoms with Crippen molar-refractivity contribution >= 4 is 8.58 Å². The van der Waals surface area contributed by atoms with Crippen LogP contribution >= 0.6 is 8.58 Å². The van der Waals surface area contributed by atoms with Gasteiger partial charge in [0.25, 0.3) is 0 Å². The van der Waals surface area contributed by atoms with Crippen LogP contribution in [0.15, 0.2) is 0 Å². The van der Waals surface area contributed by atoms with E-state index in [1.807, 2.05) is 0 Å². The standard InChI is InChI=1S/C6H14P/c1-3-5-6-7-4-2/h7H,1,3-6H2,2H3. The van der Waals surface area contributed by atoms with Crippen LogP contribution in [-0.2, 0) is 0 Å². The van der Waals surface area contributed by atoms with E-state index in [1.54, 1.807) is 0 Å². The molecule has 43 valence electrons. The van der Waals surface area contributed by atoms with E-state index in [1.165, 1.54) is 27.3 Å². The summed E-state index contributed by atoms with van der Waals surface area (Å²) in [5, 5.41) is 0. The predicted molar refractivity (Wildman–Crippen MR) is 38.3 cm³/mol. The first kappa shape index (κ1) is 7.43. The number of unbranched alkanes of at least 4 members (excludes halogenated alkanes) is 1. The Balaban J connectivity index is 2.45.